The average molecular weight is 306 g/mol. The molecule has 1 fully saturated rings. The van der Waals surface area contributed by atoms with Crippen molar-refractivity contribution in [2.45, 2.75) is 25.8 Å². The fraction of sp³-hybridized carbons (Fsp3) is 0.833. The lowest BCUT2D eigenvalue weighted by Gasteiger charge is -2.26. The monoisotopic (exact) mass is 306 g/mol. The Hall–Kier alpha value is -1.15. The predicted octanol–water partition coefficient (Wildman–Crippen LogP) is -0.668. The summed E-state index contributed by atoms with van der Waals surface area (Å²) in [5, 5.41) is 11.5. The highest BCUT2D eigenvalue weighted by atomic mass is 32.2. The molecule has 0 saturated carbocycles. The summed E-state index contributed by atoms with van der Waals surface area (Å²) in [6.07, 6.45) is 0.413. The molecule has 1 amide bonds. The second-order valence-corrected chi connectivity index (χ2v) is 8.07. The van der Waals surface area contributed by atoms with Crippen molar-refractivity contribution in [3.63, 3.8) is 0 Å². The molecule has 2 atom stereocenters. The van der Waals surface area contributed by atoms with E-state index < -0.39 is 27.3 Å². The van der Waals surface area contributed by atoms with Crippen LogP contribution in [0.15, 0.2) is 0 Å². The summed E-state index contributed by atoms with van der Waals surface area (Å²) in [7, 11) is -1.40. The van der Waals surface area contributed by atoms with Crippen molar-refractivity contribution in [3.05, 3.63) is 0 Å². The van der Waals surface area contributed by atoms with E-state index in [0.717, 1.165) is 0 Å². The normalized spacial score (nSPS) is 26.4. The van der Waals surface area contributed by atoms with Crippen molar-refractivity contribution in [1.29, 1.82) is 0 Å². The highest BCUT2D eigenvalue weighted by molar-refractivity contribution is 7.91. The summed E-state index contributed by atoms with van der Waals surface area (Å²) in [5.74, 6) is -1.71. The van der Waals surface area contributed by atoms with Crippen LogP contribution < -0.4 is 5.32 Å². The number of aliphatic carboxylic acids is 1. The van der Waals surface area contributed by atoms with Gasteiger partial charge in [-0.25, -0.2) is 8.42 Å². The van der Waals surface area contributed by atoms with Gasteiger partial charge in [0.2, 0.25) is 5.91 Å². The zero-order valence-electron chi connectivity index (χ0n) is 12.0. The van der Waals surface area contributed by atoms with Crippen LogP contribution in [0.1, 0.15) is 20.3 Å². The van der Waals surface area contributed by atoms with Crippen LogP contribution in [0.2, 0.25) is 0 Å². The van der Waals surface area contributed by atoms with Crippen LogP contribution in [0, 0.1) is 5.92 Å². The molecule has 1 aliphatic heterocycles. The standard InChI is InChI=1S/C12H22N2O5S/c1-9(11(16)17)6-14(3)7-10(15)13-12(2)4-5-20(18,19)8-12/h9H,4-8H2,1-3H3,(H,13,15)(H,16,17). The van der Waals surface area contributed by atoms with Gasteiger partial charge in [0.1, 0.15) is 0 Å². The van der Waals surface area contributed by atoms with Crippen LogP contribution in [0.25, 0.3) is 0 Å². The van der Waals surface area contributed by atoms with Crippen molar-refractivity contribution in [2.75, 3.05) is 31.6 Å². The van der Waals surface area contributed by atoms with Crippen molar-refractivity contribution in [1.82, 2.24) is 10.2 Å². The number of hydrogen-bond donors (Lipinski definition) is 2. The van der Waals surface area contributed by atoms with E-state index in [2.05, 4.69) is 5.32 Å². The van der Waals surface area contributed by atoms with Crippen molar-refractivity contribution in [2.24, 2.45) is 5.92 Å². The number of carboxylic acids is 1. The van der Waals surface area contributed by atoms with Gasteiger partial charge in [-0.3, -0.25) is 14.5 Å². The van der Waals surface area contributed by atoms with Crippen LogP contribution in [-0.4, -0.2) is 67.5 Å². The lowest BCUT2D eigenvalue weighted by molar-refractivity contribution is -0.142. The van der Waals surface area contributed by atoms with Crippen LogP contribution >= 0.6 is 0 Å². The number of rotatable bonds is 6. The number of likely N-dealkylation sites (N-methyl/N-ethyl adjacent to an activating group) is 1. The molecule has 0 aromatic rings. The largest absolute Gasteiger partial charge is 0.481 e. The van der Waals surface area contributed by atoms with Crippen LogP contribution in [0.4, 0.5) is 0 Å². The molecule has 0 aromatic carbocycles. The van der Waals surface area contributed by atoms with Gasteiger partial charge in [-0.2, -0.15) is 0 Å². The molecule has 0 bridgehead atoms. The van der Waals surface area contributed by atoms with E-state index >= 15 is 0 Å². The molecule has 20 heavy (non-hydrogen) atoms. The van der Waals surface area contributed by atoms with E-state index in [1.807, 2.05) is 0 Å². The van der Waals surface area contributed by atoms with E-state index in [-0.39, 0.29) is 30.5 Å². The molecular weight excluding hydrogens is 284 g/mol. The predicted molar refractivity (Wildman–Crippen MR) is 74.1 cm³/mol. The smallest absolute Gasteiger partial charge is 0.307 e. The Morgan fingerprint density at radius 1 is 1.45 bits per heavy atom. The Bertz CT molecular complexity index is 490. The van der Waals surface area contributed by atoms with E-state index in [9.17, 15) is 18.0 Å². The van der Waals surface area contributed by atoms with Crippen LogP contribution in [0.3, 0.4) is 0 Å². The second kappa shape index (κ2) is 6.09. The van der Waals surface area contributed by atoms with Crippen molar-refractivity contribution >= 4 is 21.7 Å². The van der Waals surface area contributed by atoms with Gasteiger partial charge in [-0.1, -0.05) is 6.92 Å². The fourth-order valence-corrected chi connectivity index (χ4v) is 4.43. The van der Waals surface area contributed by atoms with Gasteiger partial charge in [-0.05, 0) is 20.4 Å². The zero-order valence-corrected chi connectivity index (χ0v) is 12.9. The van der Waals surface area contributed by atoms with Gasteiger partial charge in [0.25, 0.3) is 0 Å². The Balaban J connectivity index is 2.46. The van der Waals surface area contributed by atoms with Crippen molar-refractivity contribution in [3.8, 4) is 0 Å². The van der Waals surface area contributed by atoms with Gasteiger partial charge in [-0.15, -0.1) is 0 Å². The molecule has 8 heteroatoms. The van der Waals surface area contributed by atoms with E-state index in [1.54, 1.807) is 25.8 Å². The first-order valence-electron chi connectivity index (χ1n) is 6.46. The molecule has 0 spiro atoms. The van der Waals surface area contributed by atoms with Crippen molar-refractivity contribution < 1.29 is 23.1 Å². The number of sulfone groups is 1. The molecule has 0 aromatic heterocycles. The summed E-state index contributed by atoms with van der Waals surface area (Å²) < 4.78 is 22.9. The van der Waals surface area contributed by atoms with Gasteiger partial charge >= 0.3 is 5.97 Å². The lowest BCUT2D eigenvalue weighted by atomic mass is 10.0. The van der Waals surface area contributed by atoms with Gasteiger partial charge < -0.3 is 10.4 Å². The third-order valence-corrected chi connectivity index (χ3v) is 5.27. The Kier molecular flexibility index (Phi) is 5.15. The molecule has 2 N–H and O–H groups in total. The number of amides is 1. The fourth-order valence-electron chi connectivity index (χ4n) is 2.34. The number of carbonyl (C=O) groups is 2. The molecule has 0 radical (unpaired) electrons. The minimum absolute atomic E-state index is 0.0407. The first-order valence-corrected chi connectivity index (χ1v) is 8.28. The Morgan fingerprint density at radius 3 is 2.50 bits per heavy atom. The number of hydrogen-bond acceptors (Lipinski definition) is 5. The average Bonchev–Trinajstić information content (AvgIpc) is 2.51. The molecule has 1 rings (SSSR count). The molecular formula is C12H22N2O5S. The first kappa shape index (κ1) is 16.9. The molecule has 2 unspecified atom stereocenters. The Labute approximate surface area is 119 Å². The maximum absolute atomic E-state index is 11.9. The molecule has 1 heterocycles. The third-order valence-electron chi connectivity index (χ3n) is 3.37. The molecule has 1 saturated heterocycles. The lowest BCUT2D eigenvalue weighted by Crippen LogP contribution is -2.50. The number of nitrogens with zero attached hydrogens (tertiary/aromatic N) is 1. The van der Waals surface area contributed by atoms with Gasteiger partial charge in [0, 0.05) is 6.54 Å². The third kappa shape index (κ3) is 5.09. The highest BCUT2D eigenvalue weighted by Crippen LogP contribution is 2.22. The van der Waals surface area contributed by atoms with Crippen LogP contribution in [-0.2, 0) is 19.4 Å². The molecule has 1 aliphatic rings. The number of nitrogens with one attached hydrogen (secondary N) is 1. The maximum atomic E-state index is 11.9. The van der Waals surface area contributed by atoms with E-state index in [0.29, 0.717) is 6.42 Å². The summed E-state index contributed by atoms with van der Waals surface area (Å²) in [6.45, 7) is 3.60. The number of carbonyl (C=O) groups excluding carboxylic acids is 1. The first-order chi connectivity index (χ1) is 9.03. The van der Waals surface area contributed by atoms with Crippen LogP contribution in [0.5, 0.6) is 0 Å². The molecule has 0 aliphatic carbocycles. The minimum atomic E-state index is -3.06. The van der Waals surface area contributed by atoms with E-state index in [4.69, 9.17) is 5.11 Å². The van der Waals surface area contributed by atoms with Gasteiger partial charge in [0.15, 0.2) is 9.84 Å². The minimum Gasteiger partial charge on any atom is -0.481 e. The number of carboxylic acid groups (broad SMARTS) is 1. The maximum Gasteiger partial charge on any atom is 0.307 e. The topological polar surface area (TPSA) is 104 Å². The summed E-state index contributed by atoms with van der Waals surface area (Å²) in [5.41, 5.74) is -0.713. The molecule has 116 valence electrons. The summed E-state index contributed by atoms with van der Waals surface area (Å²) in [6, 6.07) is 0. The Morgan fingerprint density at radius 2 is 2.05 bits per heavy atom. The highest BCUT2D eigenvalue weighted by Gasteiger charge is 2.39. The summed E-state index contributed by atoms with van der Waals surface area (Å²) >= 11 is 0. The second-order valence-electron chi connectivity index (χ2n) is 5.89. The quantitative estimate of drug-likeness (QED) is 0.674. The summed E-state index contributed by atoms with van der Waals surface area (Å²) in [4.78, 5) is 24.2. The molecule has 7 nitrogen and oxygen atoms in total. The SMILES string of the molecule is CC(CN(C)CC(=O)NC1(C)CCS(=O)(=O)C1)C(=O)O. The van der Waals surface area contributed by atoms with Gasteiger partial charge in [0.05, 0.1) is 29.5 Å². The zero-order chi connectivity index (χ0) is 15.6. The van der Waals surface area contributed by atoms with E-state index in [1.165, 1.54) is 0 Å².